The van der Waals surface area contributed by atoms with Gasteiger partial charge in [0.2, 0.25) is 0 Å². The molecule has 7 rings (SSSR count). The molecule has 4 aliphatic heterocycles. The number of nitrogens with zero attached hydrogens (tertiary/aromatic N) is 4. The standard InChI is InChI=1S/C32H34N4O4/c37-30(28-4-2-16-40-28)35-15-11-22(20-35)21-36-29(34-32(31(36)38)12-17-39-18-13-32)25-8-5-23(6-9-25)26-10-7-24-3-1-14-33-27(24)19-26/h1,3,5-10,14,19,22,28H,2,4,11-13,15-18,20-21H2. The summed E-state index contributed by atoms with van der Waals surface area (Å²) in [4.78, 5) is 40.3. The minimum absolute atomic E-state index is 0.0689. The number of pyridine rings is 1. The Morgan fingerprint density at radius 1 is 0.975 bits per heavy atom. The van der Waals surface area contributed by atoms with Crippen LogP contribution in [0.15, 0.2) is 65.8 Å². The lowest BCUT2D eigenvalue weighted by atomic mass is 9.90. The number of fused-ring (bicyclic) bond motifs is 1. The Labute approximate surface area is 234 Å². The number of aliphatic imine (C=N–C) groups is 1. The number of amidine groups is 1. The van der Waals surface area contributed by atoms with Gasteiger partial charge in [-0.05, 0) is 48.4 Å². The maximum Gasteiger partial charge on any atom is 0.256 e. The van der Waals surface area contributed by atoms with Crippen molar-refractivity contribution in [2.24, 2.45) is 10.9 Å². The molecule has 40 heavy (non-hydrogen) atoms. The molecule has 0 aliphatic carbocycles. The topological polar surface area (TPSA) is 84.3 Å². The monoisotopic (exact) mass is 538 g/mol. The van der Waals surface area contributed by atoms with Crippen LogP contribution >= 0.6 is 0 Å². The van der Waals surface area contributed by atoms with Crippen LogP contribution in [0.25, 0.3) is 22.0 Å². The third-order valence-electron chi connectivity index (χ3n) is 8.86. The van der Waals surface area contributed by atoms with E-state index in [0.29, 0.717) is 52.3 Å². The predicted molar refractivity (Wildman–Crippen MR) is 152 cm³/mol. The van der Waals surface area contributed by atoms with Crippen molar-refractivity contribution in [3.8, 4) is 11.1 Å². The number of hydrogen-bond acceptors (Lipinski definition) is 6. The van der Waals surface area contributed by atoms with E-state index in [1.54, 1.807) is 0 Å². The van der Waals surface area contributed by atoms with Crippen LogP contribution in [0.5, 0.6) is 0 Å². The average molecular weight is 539 g/mol. The first-order valence-corrected chi connectivity index (χ1v) is 14.5. The van der Waals surface area contributed by atoms with Gasteiger partial charge in [0.1, 0.15) is 17.5 Å². The lowest BCUT2D eigenvalue weighted by Crippen LogP contribution is -2.47. The number of ether oxygens (including phenoxy) is 2. The summed E-state index contributed by atoms with van der Waals surface area (Å²) < 4.78 is 11.2. The highest BCUT2D eigenvalue weighted by atomic mass is 16.5. The molecule has 2 atom stereocenters. The molecule has 2 aromatic carbocycles. The third kappa shape index (κ3) is 4.59. The smallest absolute Gasteiger partial charge is 0.256 e. The first-order chi connectivity index (χ1) is 19.6. The van der Waals surface area contributed by atoms with Crippen molar-refractivity contribution in [1.82, 2.24) is 14.8 Å². The molecule has 0 bridgehead atoms. The molecule has 2 amide bonds. The SMILES string of the molecule is O=C(C1CCCO1)N1CCC(CN2C(=O)C3(CCOCC3)N=C2c2ccc(-c3ccc4cccnc4c3)cc2)C1. The van der Waals surface area contributed by atoms with Crippen molar-refractivity contribution in [1.29, 1.82) is 0 Å². The molecule has 0 saturated carbocycles. The Morgan fingerprint density at radius 2 is 1.77 bits per heavy atom. The minimum Gasteiger partial charge on any atom is -0.381 e. The largest absolute Gasteiger partial charge is 0.381 e. The summed E-state index contributed by atoms with van der Waals surface area (Å²) in [5.74, 6) is 1.11. The van der Waals surface area contributed by atoms with Crippen molar-refractivity contribution < 1.29 is 19.1 Å². The number of carbonyl (C=O) groups excluding carboxylic acids is 2. The highest BCUT2D eigenvalue weighted by Gasteiger charge is 2.50. The first-order valence-electron chi connectivity index (χ1n) is 14.5. The van der Waals surface area contributed by atoms with Gasteiger partial charge in [0, 0.05) is 69.4 Å². The van der Waals surface area contributed by atoms with E-state index in [4.69, 9.17) is 14.5 Å². The lowest BCUT2D eigenvalue weighted by Gasteiger charge is -2.30. The fraction of sp³-hybridized carbons (Fsp3) is 0.438. The highest BCUT2D eigenvalue weighted by molar-refractivity contribution is 6.15. The Morgan fingerprint density at radius 3 is 2.58 bits per heavy atom. The second kappa shape index (κ2) is 10.4. The van der Waals surface area contributed by atoms with Gasteiger partial charge < -0.3 is 14.4 Å². The van der Waals surface area contributed by atoms with Gasteiger partial charge in [-0.1, -0.05) is 42.5 Å². The average Bonchev–Trinajstić information content (AvgIpc) is 3.76. The van der Waals surface area contributed by atoms with E-state index in [0.717, 1.165) is 52.7 Å². The van der Waals surface area contributed by atoms with Gasteiger partial charge in [0.05, 0.1) is 5.52 Å². The van der Waals surface area contributed by atoms with E-state index in [1.165, 1.54) is 0 Å². The maximum atomic E-state index is 13.9. The highest BCUT2D eigenvalue weighted by Crippen LogP contribution is 2.36. The van der Waals surface area contributed by atoms with E-state index in [9.17, 15) is 9.59 Å². The fourth-order valence-electron chi connectivity index (χ4n) is 6.56. The number of likely N-dealkylation sites (tertiary alicyclic amines) is 1. The number of hydrogen-bond donors (Lipinski definition) is 0. The zero-order valence-electron chi connectivity index (χ0n) is 22.6. The van der Waals surface area contributed by atoms with Gasteiger partial charge in [-0.3, -0.25) is 24.5 Å². The molecule has 5 heterocycles. The first kappa shape index (κ1) is 25.4. The van der Waals surface area contributed by atoms with Gasteiger partial charge in [-0.2, -0.15) is 0 Å². The molecule has 1 spiro atoms. The van der Waals surface area contributed by atoms with Gasteiger partial charge >= 0.3 is 0 Å². The molecule has 3 fully saturated rings. The summed E-state index contributed by atoms with van der Waals surface area (Å²) in [6.45, 7) is 3.68. The second-order valence-corrected chi connectivity index (χ2v) is 11.4. The summed E-state index contributed by atoms with van der Waals surface area (Å²) >= 11 is 0. The van der Waals surface area contributed by atoms with Crippen LogP contribution in [0.3, 0.4) is 0 Å². The van der Waals surface area contributed by atoms with E-state index in [-0.39, 0.29) is 23.8 Å². The Bertz CT molecular complexity index is 1460. The van der Waals surface area contributed by atoms with Crippen LogP contribution in [-0.4, -0.2) is 83.5 Å². The molecule has 0 N–H and O–H groups in total. The molecule has 0 radical (unpaired) electrons. The molecule has 8 nitrogen and oxygen atoms in total. The Balaban J connectivity index is 1.13. The van der Waals surface area contributed by atoms with Crippen LogP contribution < -0.4 is 0 Å². The van der Waals surface area contributed by atoms with Gasteiger partial charge in [0.15, 0.2) is 0 Å². The predicted octanol–water partition coefficient (Wildman–Crippen LogP) is 4.07. The van der Waals surface area contributed by atoms with Crippen molar-refractivity contribution in [2.75, 3.05) is 39.5 Å². The van der Waals surface area contributed by atoms with E-state index in [2.05, 4.69) is 53.5 Å². The molecule has 206 valence electrons. The van der Waals surface area contributed by atoms with Crippen LogP contribution in [0.4, 0.5) is 0 Å². The molecular weight excluding hydrogens is 504 g/mol. The summed E-state index contributed by atoms with van der Waals surface area (Å²) in [5, 5.41) is 1.11. The van der Waals surface area contributed by atoms with Crippen LogP contribution in [0.1, 0.15) is 37.7 Å². The van der Waals surface area contributed by atoms with Crippen molar-refractivity contribution in [3.05, 3.63) is 66.4 Å². The lowest BCUT2D eigenvalue weighted by molar-refractivity contribution is -0.139. The van der Waals surface area contributed by atoms with E-state index >= 15 is 0 Å². The molecule has 1 aromatic heterocycles. The van der Waals surface area contributed by atoms with Crippen LogP contribution in [0, 0.1) is 5.92 Å². The van der Waals surface area contributed by atoms with Gasteiger partial charge in [-0.15, -0.1) is 0 Å². The molecule has 3 aromatic rings. The summed E-state index contributed by atoms with van der Waals surface area (Å²) in [5.41, 5.74) is 3.34. The van der Waals surface area contributed by atoms with E-state index < -0.39 is 5.54 Å². The number of rotatable bonds is 5. The zero-order chi connectivity index (χ0) is 27.1. The molecule has 2 unspecified atom stereocenters. The summed E-state index contributed by atoms with van der Waals surface area (Å²) in [6.07, 6.45) is 5.33. The van der Waals surface area contributed by atoms with Gasteiger partial charge in [0.25, 0.3) is 11.8 Å². The number of carbonyl (C=O) groups is 2. The second-order valence-electron chi connectivity index (χ2n) is 11.4. The van der Waals surface area contributed by atoms with Crippen molar-refractivity contribution in [2.45, 2.75) is 43.7 Å². The molecular formula is C32H34N4O4. The maximum absolute atomic E-state index is 13.9. The number of benzene rings is 2. The molecule has 4 aliphatic rings. The fourth-order valence-corrected chi connectivity index (χ4v) is 6.56. The van der Waals surface area contributed by atoms with E-state index in [1.807, 2.05) is 22.1 Å². The Kier molecular flexibility index (Phi) is 6.60. The molecule has 3 saturated heterocycles. The third-order valence-corrected chi connectivity index (χ3v) is 8.86. The summed E-state index contributed by atoms with van der Waals surface area (Å²) in [7, 11) is 0. The minimum atomic E-state index is -0.748. The summed E-state index contributed by atoms with van der Waals surface area (Å²) in [6, 6.07) is 18.6. The van der Waals surface area contributed by atoms with Crippen LogP contribution in [0.2, 0.25) is 0 Å². The van der Waals surface area contributed by atoms with Gasteiger partial charge in [-0.25, -0.2) is 0 Å². The van der Waals surface area contributed by atoms with Crippen molar-refractivity contribution >= 4 is 28.6 Å². The normalized spacial score (nSPS) is 24.3. The molecule has 8 heteroatoms. The van der Waals surface area contributed by atoms with Crippen molar-refractivity contribution in [3.63, 3.8) is 0 Å². The zero-order valence-corrected chi connectivity index (χ0v) is 22.6. The number of amides is 2. The quantitative estimate of drug-likeness (QED) is 0.489. The Hall–Kier alpha value is -3.62. The number of aromatic nitrogens is 1. The van der Waals surface area contributed by atoms with Crippen LogP contribution in [-0.2, 0) is 19.1 Å².